The lowest BCUT2D eigenvalue weighted by atomic mass is 9.48. The Hall–Kier alpha value is -1.22. The fourth-order valence-electron chi connectivity index (χ4n) is 5.75. The van der Waals surface area contributed by atoms with Crippen LogP contribution >= 0.6 is 11.6 Å². The molecule has 0 heterocycles. The summed E-state index contributed by atoms with van der Waals surface area (Å²) in [5.41, 5.74) is 1.70. The van der Waals surface area contributed by atoms with Crippen molar-refractivity contribution in [2.24, 2.45) is 17.8 Å². The smallest absolute Gasteiger partial charge is 0.344 e. The quantitative estimate of drug-likeness (QED) is 0.720. The van der Waals surface area contributed by atoms with Crippen molar-refractivity contribution >= 4 is 17.6 Å². The number of carbonyl (C=O) groups is 1. The van der Waals surface area contributed by atoms with Crippen LogP contribution < -0.4 is 4.74 Å². The van der Waals surface area contributed by atoms with Crippen molar-refractivity contribution in [1.29, 1.82) is 0 Å². The Kier molecular flexibility index (Phi) is 4.24. The van der Waals surface area contributed by atoms with E-state index in [1.54, 1.807) is 6.92 Å². The van der Waals surface area contributed by atoms with Gasteiger partial charge in [0.2, 0.25) is 0 Å². The Bertz CT molecular complexity index is 604. The zero-order valence-electron chi connectivity index (χ0n) is 14.2. The van der Waals surface area contributed by atoms with Crippen LogP contribution in [-0.2, 0) is 14.9 Å². The Morgan fingerprint density at radius 3 is 2.33 bits per heavy atom. The van der Waals surface area contributed by atoms with Crippen LogP contribution in [0, 0.1) is 17.8 Å². The molecule has 24 heavy (non-hydrogen) atoms. The SMILES string of the molecule is CCOC(=O)COc1ccc(C23CC4CC(CC(C4)C2)C3)cc1Cl. The average Bonchev–Trinajstić information content (AvgIpc) is 2.52. The van der Waals surface area contributed by atoms with Crippen molar-refractivity contribution < 1.29 is 14.3 Å². The minimum Gasteiger partial charge on any atom is -0.480 e. The second-order valence-electron chi connectivity index (χ2n) is 7.94. The minimum absolute atomic E-state index is 0.0930. The van der Waals surface area contributed by atoms with Crippen LogP contribution in [0.25, 0.3) is 0 Å². The van der Waals surface area contributed by atoms with E-state index in [-0.39, 0.29) is 12.6 Å². The number of hydrogen-bond acceptors (Lipinski definition) is 3. The summed E-state index contributed by atoms with van der Waals surface area (Å²) in [5, 5.41) is 0.604. The highest BCUT2D eigenvalue weighted by Gasteiger charge is 2.51. The maximum Gasteiger partial charge on any atom is 0.344 e. The van der Waals surface area contributed by atoms with E-state index < -0.39 is 0 Å². The van der Waals surface area contributed by atoms with Gasteiger partial charge in [-0.25, -0.2) is 4.79 Å². The molecule has 4 aliphatic carbocycles. The van der Waals surface area contributed by atoms with Gasteiger partial charge >= 0.3 is 5.97 Å². The lowest BCUT2D eigenvalue weighted by Crippen LogP contribution is -2.48. The molecule has 0 aliphatic heterocycles. The van der Waals surface area contributed by atoms with Gasteiger partial charge in [-0.3, -0.25) is 0 Å². The molecule has 0 amide bonds. The van der Waals surface area contributed by atoms with Gasteiger partial charge in [-0.05, 0) is 86.3 Å². The van der Waals surface area contributed by atoms with Gasteiger partial charge in [0.15, 0.2) is 6.61 Å². The average molecular weight is 349 g/mol. The summed E-state index contributed by atoms with van der Waals surface area (Å²) in [6.45, 7) is 2.05. The van der Waals surface area contributed by atoms with Gasteiger partial charge < -0.3 is 9.47 Å². The van der Waals surface area contributed by atoms with E-state index >= 15 is 0 Å². The summed E-state index contributed by atoms with van der Waals surface area (Å²) < 4.78 is 10.4. The maximum atomic E-state index is 11.4. The predicted octanol–water partition coefficient (Wildman–Crippen LogP) is 4.75. The molecule has 3 nitrogen and oxygen atoms in total. The third-order valence-corrected chi connectivity index (χ3v) is 6.53. The number of benzene rings is 1. The van der Waals surface area contributed by atoms with Gasteiger partial charge in [0.25, 0.3) is 0 Å². The second kappa shape index (κ2) is 6.25. The van der Waals surface area contributed by atoms with Crippen molar-refractivity contribution in [3.63, 3.8) is 0 Å². The first-order valence-electron chi connectivity index (χ1n) is 9.16. The molecule has 0 N–H and O–H groups in total. The highest BCUT2D eigenvalue weighted by atomic mass is 35.5. The Morgan fingerprint density at radius 2 is 1.79 bits per heavy atom. The number of esters is 1. The van der Waals surface area contributed by atoms with Gasteiger partial charge in [0, 0.05) is 0 Å². The molecule has 4 fully saturated rings. The first kappa shape index (κ1) is 16.3. The standard InChI is InChI=1S/C20H25ClO3/c1-2-23-19(22)12-24-18-4-3-16(8-17(18)21)20-9-13-5-14(10-20)7-15(6-13)11-20/h3-4,8,13-15H,2,5-7,9-12H2,1H3. The van der Waals surface area contributed by atoms with Gasteiger partial charge in [0.1, 0.15) is 5.75 Å². The van der Waals surface area contributed by atoms with E-state index in [9.17, 15) is 4.79 Å². The highest BCUT2D eigenvalue weighted by molar-refractivity contribution is 6.32. The largest absolute Gasteiger partial charge is 0.480 e. The van der Waals surface area contributed by atoms with Gasteiger partial charge in [-0.1, -0.05) is 17.7 Å². The van der Waals surface area contributed by atoms with E-state index in [1.165, 1.54) is 44.1 Å². The van der Waals surface area contributed by atoms with Crippen molar-refractivity contribution in [1.82, 2.24) is 0 Å². The third kappa shape index (κ3) is 2.92. The van der Waals surface area contributed by atoms with Crippen molar-refractivity contribution in [3.05, 3.63) is 28.8 Å². The summed E-state index contributed by atoms with van der Waals surface area (Å²) in [7, 11) is 0. The summed E-state index contributed by atoms with van der Waals surface area (Å²) in [6.07, 6.45) is 8.27. The van der Waals surface area contributed by atoms with E-state index in [0.717, 1.165) is 17.8 Å². The van der Waals surface area contributed by atoms with Crippen LogP contribution in [0.15, 0.2) is 18.2 Å². The van der Waals surface area contributed by atoms with E-state index in [1.807, 2.05) is 6.07 Å². The number of halogens is 1. The van der Waals surface area contributed by atoms with E-state index in [0.29, 0.717) is 22.8 Å². The number of hydrogen-bond donors (Lipinski definition) is 0. The van der Waals surface area contributed by atoms with Crippen LogP contribution in [0.4, 0.5) is 0 Å². The molecule has 0 spiro atoms. The van der Waals surface area contributed by atoms with Gasteiger partial charge in [0.05, 0.1) is 11.6 Å². The highest BCUT2D eigenvalue weighted by Crippen LogP contribution is 2.61. The molecule has 0 unspecified atom stereocenters. The molecule has 4 aliphatic rings. The minimum atomic E-state index is -0.362. The molecule has 130 valence electrons. The molecule has 0 atom stereocenters. The molecule has 1 aromatic rings. The van der Waals surface area contributed by atoms with Crippen LogP contribution in [-0.4, -0.2) is 19.2 Å². The molecule has 1 aromatic carbocycles. The first-order valence-corrected chi connectivity index (χ1v) is 9.54. The number of ether oxygens (including phenoxy) is 2. The third-order valence-electron chi connectivity index (χ3n) is 6.23. The predicted molar refractivity (Wildman–Crippen MR) is 93.4 cm³/mol. The summed E-state index contributed by atoms with van der Waals surface area (Å²) >= 11 is 6.45. The Morgan fingerprint density at radius 1 is 1.17 bits per heavy atom. The molecule has 4 heteroatoms. The topological polar surface area (TPSA) is 35.5 Å². The lowest BCUT2D eigenvalue weighted by Gasteiger charge is -2.57. The zero-order chi connectivity index (χ0) is 16.7. The Labute approximate surface area is 148 Å². The second-order valence-corrected chi connectivity index (χ2v) is 8.34. The summed E-state index contributed by atoms with van der Waals surface area (Å²) in [4.78, 5) is 11.4. The molecular formula is C20H25ClO3. The van der Waals surface area contributed by atoms with E-state index in [4.69, 9.17) is 21.1 Å². The van der Waals surface area contributed by atoms with Crippen molar-refractivity contribution in [2.75, 3.05) is 13.2 Å². The fraction of sp³-hybridized carbons (Fsp3) is 0.650. The maximum absolute atomic E-state index is 11.4. The summed E-state index contributed by atoms with van der Waals surface area (Å²) in [5.74, 6) is 2.94. The van der Waals surface area contributed by atoms with Crippen molar-refractivity contribution in [3.8, 4) is 5.75 Å². The fourth-order valence-corrected chi connectivity index (χ4v) is 5.99. The monoisotopic (exact) mass is 348 g/mol. The number of carbonyl (C=O) groups excluding carboxylic acids is 1. The molecule has 4 saturated carbocycles. The molecule has 4 bridgehead atoms. The molecule has 5 rings (SSSR count). The van der Waals surface area contributed by atoms with Crippen LogP contribution in [0.3, 0.4) is 0 Å². The molecule has 0 aromatic heterocycles. The first-order chi connectivity index (χ1) is 11.6. The van der Waals surface area contributed by atoms with Crippen LogP contribution in [0.1, 0.15) is 51.0 Å². The van der Waals surface area contributed by atoms with Gasteiger partial charge in [-0.15, -0.1) is 0 Å². The van der Waals surface area contributed by atoms with Crippen molar-refractivity contribution in [2.45, 2.75) is 50.9 Å². The molecule has 0 saturated heterocycles. The normalized spacial score (nSPS) is 33.5. The van der Waals surface area contributed by atoms with Crippen LogP contribution in [0.5, 0.6) is 5.75 Å². The van der Waals surface area contributed by atoms with Gasteiger partial charge in [-0.2, -0.15) is 0 Å². The molecular weight excluding hydrogens is 324 g/mol. The summed E-state index contributed by atoms with van der Waals surface area (Å²) in [6, 6.07) is 6.17. The zero-order valence-corrected chi connectivity index (χ0v) is 15.0. The lowest BCUT2D eigenvalue weighted by molar-refractivity contribution is -0.145. The number of rotatable bonds is 5. The Balaban J connectivity index is 1.51. The van der Waals surface area contributed by atoms with E-state index in [2.05, 4.69) is 12.1 Å². The molecule has 0 radical (unpaired) electrons. The van der Waals surface area contributed by atoms with Crippen LogP contribution in [0.2, 0.25) is 5.02 Å².